The van der Waals surface area contributed by atoms with Crippen LogP contribution in [-0.2, 0) is 19.3 Å². The number of morpholine rings is 1. The van der Waals surface area contributed by atoms with E-state index in [9.17, 15) is 8.42 Å². The molecule has 0 aliphatic carbocycles. The summed E-state index contributed by atoms with van der Waals surface area (Å²) < 4.78 is 36.4. The van der Waals surface area contributed by atoms with E-state index >= 15 is 0 Å². The molecular weight excluding hydrogens is 456 g/mol. The van der Waals surface area contributed by atoms with Gasteiger partial charge in [-0.2, -0.15) is 0 Å². The number of aromatic nitrogens is 4. The van der Waals surface area contributed by atoms with Gasteiger partial charge in [0, 0.05) is 24.4 Å². The highest BCUT2D eigenvalue weighted by molar-refractivity contribution is 7.91. The molecule has 0 bridgehead atoms. The van der Waals surface area contributed by atoms with E-state index in [0.29, 0.717) is 55.1 Å². The van der Waals surface area contributed by atoms with Gasteiger partial charge >= 0.3 is 0 Å². The average molecular weight is 487 g/mol. The Labute approximate surface area is 199 Å². The number of nitrogens with zero attached hydrogens (tertiary/aromatic N) is 4. The third-order valence-electron chi connectivity index (χ3n) is 6.72. The van der Waals surface area contributed by atoms with Gasteiger partial charge < -0.3 is 24.7 Å². The van der Waals surface area contributed by atoms with Gasteiger partial charge in [0.25, 0.3) is 0 Å². The summed E-state index contributed by atoms with van der Waals surface area (Å²) in [5, 5.41) is 4.20. The van der Waals surface area contributed by atoms with E-state index in [2.05, 4.69) is 27.1 Å². The minimum Gasteiger partial charge on any atom is -0.486 e. The Morgan fingerprint density at radius 2 is 2.06 bits per heavy atom. The number of rotatable bonds is 5. The van der Waals surface area contributed by atoms with Crippen LogP contribution in [0.15, 0.2) is 18.5 Å². The highest BCUT2D eigenvalue weighted by atomic mass is 32.2. The molecule has 182 valence electrons. The van der Waals surface area contributed by atoms with Gasteiger partial charge in [-0.25, -0.2) is 23.4 Å². The number of fused-ring (bicyclic) bond motifs is 4. The third-order valence-corrected chi connectivity index (χ3v) is 8.77. The van der Waals surface area contributed by atoms with Gasteiger partial charge in [0.05, 0.1) is 42.7 Å². The lowest BCUT2D eigenvalue weighted by molar-refractivity contribution is 0.0482. The molecule has 2 N–H and O–H groups in total. The zero-order chi connectivity index (χ0) is 24.3. The normalized spacial score (nSPS) is 20.6. The maximum atomic E-state index is 12.9. The monoisotopic (exact) mass is 486 g/mol. The molecule has 10 nitrogen and oxygen atoms in total. The molecule has 5 heterocycles. The van der Waals surface area contributed by atoms with E-state index in [1.165, 1.54) is 6.26 Å². The Hall–Kier alpha value is -2.92. The minimum absolute atomic E-state index is 0.00819. The van der Waals surface area contributed by atoms with Crippen molar-refractivity contribution in [2.75, 3.05) is 42.8 Å². The van der Waals surface area contributed by atoms with Gasteiger partial charge in [-0.05, 0) is 33.8 Å². The standard InChI is InChI=1S/C23H30N6O4S/c1-6-24-16-9-26-20-15(7-8-25-20)17(16)21-27-19(23(3,4)34(5,30)31)18-22(28-21)29-13(2)10-32-11-14(29)12-33-18/h7-9,13-14,24H,6,10-12H2,1-5H3,(H,25,26). The summed E-state index contributed by atoms with van der Waals surface area (Å²) in [6, 6.07) is 1.97. The molecular formula is C23H30N6O4S. The van der Waals surface area contributed by atoms with Crippen molar-refractivity contribution in [1.82, 2.24) is 19.9 Å². The van der Waals surface area contributed by atoms with Gasteiger partial charge in [0.2, 0.25) is 0 Å². The molecule has 3 aromatic rings. The lowest BCUT2D eigenvalue weighted by Crippen LogP contribution is -2.56. The summed E-state index contributed by atoms with van der Waals surface area (Å²) in [6.07, 6.45) is 4.80. The second-order valence-electron chi connectivity index (χ2n) is 9.41. The third kappa shape index (κ3) is 3.49. The maximum absolute atomic E-state index is 12.9. The molecule has 0 aromatic carbocycles. The highest BCUT2D eigenvalue weighted by Gasteiger charge is 2.44. The van der Waals surface area contributed by atoms with E-state index in [-0.39, 0.29) is 12.1 Å². The molecule has 0 spiro atoms. The first-order chi connectivity index (χ1) is 16.1. The topological polar surface area (TPSA) is 122 Å². The molecule has 0 saturated carbocycles. The van der Waals surface area contributed by atoms with E-state index < -0.39 is 14.6 Å². The molecule has 0 radical (unpaired) electrons. The Kier molecular flexibility index (Phi) is 5.44. The summed E-state index contributed by atoms with van der Waals surface area (Å²) in [5.74, 6) is 1.46. The number of hydrogen-bond acceptors (Lipinski definition) is 9. The molecule has 2 aliphatic heterocycles. The number of H-pyrrole nitrogens is 1. The van der Waals surface area contributed by atoms with Crippen molar-refractivity contribution in [2.24, 2.45) is 0 Å². The molecule has 1 saturated heterocycles. The number of nitrogens with one attached hydrogen (secondary N) is 2. The fourth-order valence-electron chi connectivity index (χ4n) is 4.60. The van der Waals surface area contributed by atoms with Crippen molar-refractivity contribution >= 4 is 32.4 Å². The van der Waals surface area contributed by atoms with Crippen LogP contribution in [0.5, 0.6) is 5.75 Å². The first kappa shape index (κ1) is 22.9. The number of aromatic amines is 1. The Balaban J connectivity index is 1.84. The molecule has 2 aliphatic rings. The smallest absolute Gasteiger partial charge is 0.185 e. The fraction of sp³-hybridized carbons (Fsp3) is 0.522. The van der Waals surface area contributed by atoms with Crippen LogP contribution < -0.4 is 15.0 Å². The average Bonchev–Trinajstić information content (AvgIpc) is 3.26. The van der Waals surface area contributed by atoms with Crippen molar-refractivity contribution in [3.05, 3.63) is 24.2 Å². The van der Waals surface area contributed by atoms with Crippen molar-refractivity contribution in [3.8, 4) is 17.1 Å². The van der Waals surface area contributed by atoms with Crippen molar-refractivity contribution < 1.29 is 17.9 Å². The Morgan fingerprint density at radius 3 is 2.79 bits per heavy atom. The van der Waals surface area contributed by atoms with Crippen molar-refractivity contribution in [1.29, 1.82) is 0 Å². The lowest BCUT2D eigenvalue weighted by Gasteiger charge is -2.45. The molecule has 1 fully saturated rings. The van der Waals surface area contributed by atoms with E-state index in [1.54, 1.807) is 20.0 Å². The Morgan fingerprint density at radius 1 is 1.26 bits per heavy atom. The van der Waals surface area contributed by atoms with E-state index in [0.717, 1.165) is 16.6 Å². The van der Waals surface area contributed by atoms with Crippen LogP contribution in [0.4, 0.5) is 11.5 Å². The fourth-order valence-corrected chi connectivity index (χ4v) is 5.09. The van der Waals surface area contributed by atoms with Gasteiger partial charge in [-0.3, -0.25) is 0 Å². The first-order valence-electron chi connectivity index (χ1n) is 11.4. The van der Waals surface area contributed by atoms with E-state index in [1.807, 2.05) is 19.2 Å². The van der Waals surface area contributed by atoms with Crippen LogP contribution in [0, 0.1) is 0 Å². The lowest BCUT2D eigenvalue weighted by atomic mass is 10.0. The molecule has 0 amide bonds. The van der Waals surface area contributed by atoms with Crippen LogP contribution in [0.25, 0.3) is 22.4 Å². The zero-order valence-corrected chi connectivity index (χ0v) is 20.9. The summed E-state index contributed by atoms with van der Waals surface area (Å²) in [4.78, 5) is 19.7. The highest BCUT2D eigenvalue weighted by Crippen LogP contribution is 2.45. The van der Waals surface area contributed by atoms with Crippen molar-refractivity contribution in [3.63, 3.8) is 0 Å². The molecule has 2 unspecified atom stereocenters. The number of pyridine rings is 1. The number of sulfone groups is 1. The Bertz CT molecular complexity index is 1350. The van der Waals surface area contributed by atoms with Gasteiger partial charge in [0.15, 0.2) is 27.2 Å². The summed E-state index contributed by atoms with van der Waals surface area (Å²) >= 11 is 0. The minimum atomic E-state index is -3.53. The van der Waals surface area contributed by atoms with Crippen LogP contribution in [0.1, 0.15) is 33.4 Å². The number of anilines is 2. The summed E-state index contributed by atoms with van der Waals surface area (Å²) in [5.41, 5.74) is 2.61. The summed E-state index contributed by atoms with van der Waals surface area (Å²) in [7, 11) is -3.53. The van der Waals surface area contributed by atoms with Crippen LogP contribution in [0.2, 0.25) is 0 Å². The van der Waals surface area contributed by atoms with Crippen LogP contribution in [-0.4, -0.2) is 73.1 Å². The molecule has 3 aromatic heterocycles. The van der Waals surface area contributed by atoms with Gasteiger partial charge in [-0.15, -0.1) is 0 Å². The quantitative estimate of drug-likeness (QED) is 0.560. The van der Waals surface area contributed by atoms with Gasteiger partial charge in [0.1, 0.15) is 22.7 Å². The largest absolute Gasteiger partial charge is 0.486 e. The summed E-state index contributed by atoms with van der Waals surface area (Å²) in [6.45, 7) is 9.55. The SMILES string of the molecule is CCNc1cnc2[nH]ccc2c1-c1nc2c(c(C(C)(C)S(C)(=O)=O)n1)OCC1COCC(C)N21. The second-order valence-corrected chi connectivity index (χ2v) is 12.0. The predicted molar refractivity (Wildman–Crippen MR) is 131 cm³/mol. The molecule has 5 rings (SSSR count). The molecule has 2 atom stereocenters. The van der Waals surface area contributed by atoms with Crippen molar-refractivity contribution in [2.45, 2.75) is 44.5 Å². The van der Waals surface area contributed by atoms with Crippen LogP contribution in [0.3, 0.4) is 0 Å². The molecule has 11 heteroatoms. The predicted octanol–water partition coefficient (Wildman–Crippen LogP) is 2.72. The number of hydrogen-bond donors (Lipinski definition) is 2. The zero-order valence-electron chi connectivity index (χ0n) is 20.0. The first-order valence-corrected chi connectivity index (χ1v) is 13.3. The number of ether oxygens (including phenoxy) is 2. The molecule has 34 heavy (non-hydrogen) atoms. The second kappa shape index (κ2) is 8.09. The van der Waals surface area contributed by atoms with Crippen LogP contribution >= 0.6 is 0 Å². The maximum Gasteiger partial charge on any atom is 0.185 e. The van der Waals surface area contributed by atoms with Gasteiger partial charge in [-0.1, -0.05) is 0 Å². The van der Waals surface area contributed by atoms with E-state index in [4.69, 9.17) is 19.4 Å².